The Morgan fingerprint density at radius 2 is 2.08 bits per heavy atom. The molecule has 1 saturated heterocycles. The Morgan fingerprint density at radius 3 is 2.54 bits per heavy atom. The van der Waals surface area contributed by atoms with E-state index in [2.05, 4.69) is 11.8 Å². The van der Waals surface area contributed by atoms with Gasteiger partial charge in [0.05, 0.1) is 0 Å². The zero-order chi connectivity index (χ0) is 10.1. The number of amides is 1. The fourth-order valence-corrected chi connectivity index (χ4v) is 1.96. The fraction of sp³-hybridized carbons (Fsp3) is 0.909. The maximum Gasteiger partial charge on any atom is 0.228 e. The van der Waals surface area contributed by atoms with Crippen LogP contribution in [0, 0.1) is 5.41 Å². The van der Waals surface area contributed by atoms with E-state index in [4.69, 9.17) is 0 Å². The van der Waals surface area contributed by atoms with Crippen LogP contribution in [0.2, 0.25) is 0 Å². The van der Waals surface area contributed by atoms with Gasteiger partial charge in [-0.2, -0.15) is 0 Å². The lowest BCUT2D eigenvalue weighted by Crippen LogP contribution is -2.42. The van der Waals surface area contributed by atoms with E-state index in [-0.39, 0.29) is 5.41 Å². The van der Waals surface area contributed by atoms with Crippen LogP contribution in [0.25, 0.3) is 0 Å². The van der Waals surface area contributed by atoms with Gasteiger partial charge in [-0.15, -0.1) is 0 Å². The minimum absolute atomic E-state index is 0.211. The maximum atomic E-state index is 12.0. The first-order valence-electron chi connectivity index (χ1n) is 5.28. The van der Waals surface area contributed by atoms with E-state index in [1.165, 1.54) is 12.8 Å². The van der Waals surface area contributed by atoms with Gasteiger partial charge in [0.15, 0.2) is 0 Å². The van der Waals surface area contributed by atoms with E-state index in [0.717, 1.165) is 13.0 Å². The lowest BCUT2D eigenvalue weighted by Gasteiger charge is -2.30. The minimum atomic E-state index is -0.211. The van der Waals surface area contributed by atoms with Gasteiger partial charge in [-0.3, -0.25) is 4.79 Å². The predicted molar refractivity (Wildman–Crippen MR) is 54.5 cm³/mol. The Balaban J connectivity index is 2.66. The Bertz CT molecular complexity index is 193. The molecular weight excluding hydrogens is 162 g/mol. The zero-order valence-electron chi connectivity index (χ0n) is 9.26. The van der Waals surface area contributed by atoms with Crippen LogP contribution in [0.5, 0.6) is 0 Å². The molecule has 0 aromatic rings. The summed E-state index contributed by atoms with van der Waals surface area (Å²) < 4.78 is 0. The highest BCUT2D eigenvalue weighted by molar-refractivity contribution is 5.82. The van der Waals surface area contributed by atoms with Gasteiger partial charge in [0.25, 0.3) is 0 Å². The lowest BCUT2D eigenvalue weighted by molar-refractivity contribution is -0.140. The first-order valence-corrected chi connectivity index (χ1v) is 5.28. The first kappa shape index (κ1) is 10.6. The number of rotatable bonds is 1. The van der Waals surface area contributed by atoms with Crippen molar-refractivity contribution in [1.82, 2.24) is 4.90 Å². The molecule has 0 aromatic carbocycles. The topological polar surface area (TPSA) is 20.3 Å². The molecule has 1 fully saturated rings. The molecule has 0 bridgehead atoms. The largest absolute Gasteiger partial charge is 0.339 e. The summed E-state index contributed by atoms with van der Waals surface area (Å²) in [5, 5.41) is 0. The van der Waals surface area contributed by atoms with Crippen LogP contribution in [0.3, 0.4) is 0 Å². The van der Waals surface area contributed by atoms with Crippen molar-refractivity contribution < 1.29 is 4.79 Å². The quantitative estimate of drug-likeness (QED) is 0.611. The highest BCUT2D eigenvalue weighted by Gasteiger charge is 2.33. The molecule has 1 heterocycles. The van der Waals surface area contributed by atoms with Crippen LogP contribution in [0.15, 0.2) is 0 Å². The molecule has 0 spiro atoms. The molecule has 1 rings (SSSR count). The molecule has 0 aliphatic carbocycles. The molecule has 0 saturated carbocycles. The second kappa shape index (κ2) is 3.69. The van der Waals surface area contributed by atoms with E-state index < -0.39 is 0 Å². The van der Waals surface area contributed by atoms with Crippen LogP contribution in [-0.4, -0.2) is 23.4 Å². The highest BCUT2D eigenvalue weighted by Crippen LogP contribution is 2.26. The summed E-state index contributed by atoms with van der Waals surface area (Å²) in [6.07, 6.45) is 3.47. The summed E-state index contributed by atoms with van der Waals surface area (Å²) >= 11 is 0. The summed E-state index contributed by atoms with van der Waals surface area (Å²) in [7, 11) is 0. The standard InChI is InChI=1S/C11H21NO/c1-5-9-7-6-8-12(9)10(13)11(2,3)4/h9H,5-8H2,1-4H3/t9-/m1/s1. The van der Waals surface area contributed by atoms with Gasteiger partial charge in [-0.05, 0) is 19.3 Å². The molecule has 0 N–H and O–H groups in total. The van der Waals surface area contributed by atoms with Crippen molar-refractivity contribution in [2.24, 2.45) is 5.41 Å². The summed E-state index contributed by atoms with van der Waals surface area (Å²) in [6.45, 7) is 9.13. The van der Waals surface area contributed by atoms with Gasteiger partial charge in [-0.1, -0.05) is 27.7 Å². The fourth-order valence-electron chi connectivity index (χ4n) is 1.96. The van der Waals surface area contributed by atoms with E-state index in [1.807, 2.05) is 20.8 Å². The molecule has 1 amide bonds. The summed E-state index contributed by atoms with van der Waals surface area (Å²) in [6, 6.07) is 0.506. The summed E-state index contributed by atoms with van der Waals surface area (Å²) in [4.78, 5) is 14.0. The smallest absolute Gasteiger partial charge is 0.228 e. The Hall–Kier alpha value is -0.530. The molecule has 2 nitrogen and oxygen atoms in total. The number of carbonyl (C=O) groups is 1. The maximum absolute atomic E-state index is 12.0. The second-order valence-electron chi connectivity index (χ2n) is 4.95. The van der Waals surface area contributed by atoms with Crippen molar-refractivity contribution in [3.05, 3.63) is 0 Å². The molecule has 1 aliphatic heterocycles. The van der Waals surface area contributed by atoms with E-state index in [1.54, 1.807) is 0 Å². The molecule has 13 heavy (non-hydrogen) atoms. The number of nitrogens with zero attached hydrogens (tertiary/aromatic N) is 1. The van der Waals surface area contributed by atoms with Gasteiger partial charge in [0.2, 0.25) is 5.91 Å². The van der Waals surface area contributed by atoms with Crippen molar-refractivity contribution >= 4 is 5.91 Å². The molecule has 1 atom stereocenters. The number of likely N-dealkylation sites (tertiary alicyclic amines) is 1. The molecular formula is C11H21NO. The molecule has 1 aliphatic rings. The second-order valence-corrected chi connectivity index (χ2v) is 4.95. The monoisotopic (exact) mass is 183 g/mol. The normalized spacial score (nSPS) is 23.7. The van der Waals surface area contributed by atoms with Gasteiger partial charge < -0.3 is 4.90 Å². The molecule has 0 aromatic heterocycles. The predicted octanol–water partition coefficient (Wildman–Crippen LogP) is 2.43. The van der Waals surface area contributed by atoms with E-state index >= 15 is 0 Å². The van der Waals surface area contributed by atoms with Crippen molar-refractivity contribution in [3.8, 4) is 0 Å². The molecule has 2 heteroatoms. The van der Waals surface area contributed by atoms with Crippen LogP contribution in [0.4, 0.5) is 0 Å². The third-order valence-corrected chi connectivity index (χ3v) is 2.75. The first-order chi connectivity index (χ1) is 5.96. The van der Waals surface area contributed by atoms with Crippen LogP contribution >= 0.6 is 0 Å². The molecule has 76 valence electrons. The number of hydrogen-bond donors (Lipinski definition) is 0. The third-order valence-electron chi connectivity index (χ3n) is 2.75. The van der Waals surface area contributed by atoms with Crippen LogP contribution in [-0.2, 0) is 4.79 Å². The van der Waals surface area contributed by atoms with Gasteiger partial charge in [-0.25, -0.2) is 0 Å². The van der Waals surface area contributed by atoms with E-state index in [0.29, 0.717) is 11.9 Å². The van der Waals surface area contributed by atoms with Gasteiger partial charge in [0, 0.05) is 18.0 Å². The Morgan fingerprint density at radius 1 is 1.46 bits per heavy atom. The highest BCUT2D eigenvalue weighted by atomic mass is 16.2. The number of hydrogen-bond acceptors (Lipinski definition) is 1. The van der Waals surface area contributed by atoms with Gasteiger partial charge in [0.1, 0.15) is 0 Å². The van der Waals surface area contributed by atoms with Crippen molar-refractivity contribution in [2.75, 3.05) is 6.54 Å². The zero-order valence-corrected chi connectivity index (χ0v) is 9.26. The Kier molecular flexibility index (Phi) is 2.99. The van der Waals surface area contributed by atoms with Crippen molar-refractivity contribution in [1.29, 1.82) is 0 Å². The summed E-state index contributed by atoms with van der Waals surface area (Å²) in [5.41, 5.74) is -0.211. The third kappa shape index (κ3) is 2.23. The van der Waals surface area contributed by atoms with Gasteiger partial charge >= 0.3 is 0 Å². The van der Waals surface area contributed by atoms with Crippen LogP contribution < -0.4 is 0 Å². The van der Waals surface area contributed by atoms with Crippen molar-refractivity contribution in [3.63, 3.8) is 0 Å². The van der Waals surface area contributed by atoms with E-state index in [9.17, 15) is 4.79 Å². The van der Waals surface area contributed by atoms with Crippen molar-refractivity contribution in [2.45, 2.75) is 53.0 Å². The molecule has 0 unspecified atom stereocenters. The number of carbonyl (C=O) groups excluding carboxylic acids is 1. The SMILES string of the molecule is CC[C@@H]1CCCN1C(=O)C(C)(C)C. The average molecular weight is 183 g/mol. The molecule has 0 radical (unpaired) electrons. The minimum Gasteiger partial charge on any atom is -0.339 e. The Labute approximate surface area is 81.3 Å². The van der Waals surface area contributed by atoms with Crippen LogP contribution in [0.1, 0.15) is 47.0 Å². The lowest BCUT2D eigenvalue weighted by atomic mass is 9.94. The average Bonchev–Trinajstić information content (AvgIpc) is 2.48. The summed E-state index contributed by atoms with van der Waals surface area (Å²) in [5.74, 6) is 0.317.